The monoisotopic (exact) mass is 254 g/mol. The molecule has 2 atom stereocenters. The van der Waals surface area contributed by atoms with Gasteiger partial charge in [-0.05, 0) is 45.1 Å². The average Bonchev–Trinajstić information content (AvgIpc) is 3.24. The van der Waals surface area contributed by atoms with Gasteiger partial charge < -0.3 is 15.0 Å². The maximum atomic E-state index is 12.6. The van der Waals surface area contributed by atoms with Crippen LogP contribution in [0, 0.1) is 5.92 Å². The van der Waals surface area contributed by atoms with Crippen LogP contribution in [-0.2, 0) is 9.53 Å². The van der Waals surface area contributed by atoms with Gasteiger partial charge >= 0.3 is 0 Å². The molecule has 1 saturated heterocycles. The number of piperidine rings is 1. The Balaban J connectivity index is 1.94. The van der Waals surface area contributed by atoms with Crippen molar-refractivity contribution in [2.45, 2.75) is 51.1 Å². The van der Waals surface area contributed by atoms with Crippen LogP contribution in [0.15, 0.2) is 0 Å². The highest BCUT2D eigenvalue weighted by molar-refractivity contribution is 5.82. The molecule has 2 rings (SSSR count). The van der Waals surface area contributed by atoms with E-state index in [1.54, 1.807) is 7.11 Å². The van der Waals surface area contributed by atoms with Gasteiger partial charge in [0.2, 0.25) is 5.91 Å². The zero-order valence-corrected chi connectivity index (χ0v) is 11.7. The maximum absolute atomic E-state index is 12.6. The molecule has 1 unspecified atom stereocenters. The molecular weight excluding hydrogens is 228 g/mol. The SMILES string of the molecule is COCCN(C(=O)[C@H]1CCCCN1)C(C)C1CC1. The molecule has 0 spiro atoms. The molecule has 18 heavy (non-hydrogen) atoms. The topological polar surface area (TPSA) is 41.6 Å². The van der Waals surface area contributed by atoms with Crippen molar-refractivity contribution in [3.63, 3.8) is 0 Å². The van der Waals surface area contributed by atoms with Gasteiger partial charge in [0.25, 0.3) is 0 Å². The lowest BCUT2D eigenvalue weighted by Crippen LogP contribution is -2.52. The van der Waals surface area contributed by atoms with Crippen LogP contribution in [0.4, 0.5) is 0 Å². The summed E-state index contributed by atoms with van der Waals surface area (Å²) in [5.41, 5.74) is 0. The van der Waals surface area contributed by atoms with E-state index in [2.05, 4.69) is 12.2 Å². The molecule has 0 bridgehead atoms. The first kappa shape index (κ1) is 13.8. The summed E-state index contributed by atoms with van der Waals surface area (Å²) in [5, 5.41) is 3.36. The number of hydrogen-bond acceptors (Lipinski definition) is 3. The number of carbonyl (C=O) groups excluding carboxylic acids is 1. The Labute approximate surface area is 110 Å². The summed E-state index contributed by atoms with van der Waals surface area (Å²) in [7, 11) is 1.70. The van der Waals surface area contributed by atoms with E-state index in [0.29, 0.717) is 12.6 Å². The number of hydrogen-bond donors (Lipinski definition) is 1. The molecular formula is C14H26N2O2. The largest absolute Gasteiger partial charge is 0.383 e. The number of rotatable bonds is 6. The van der Waals surface area contributed by atoms with Crippen LogP contribution in [0.3, 0.4) is 0 Å². The van der Waals surface area contributed by atoms with E-state index in [4.69, 9.17) is 4.74 Å². The molecule has 4 heteroatoms. The zero-order valence-electron chi connectivity index (χ0n) is 11.7. The fourth-order valence-corrected chi connectivity index (χ4v) is 2.80. The van der Waals surface area contributed by atoms with Crippen LogP contribution < -0.4 is 5.32 Å². The molecule has 0 aromatic carbocycles. The molecule has 2 aliphatic rings. The molecule has 1 aliphatic heterocycles. The predicted molar refractivity (Wildman–Crippen MR) is 71.4 cm³/mol. The molecule has 1 heterocycles. The number of methoxy groups -OCH3 is 1. The van der Waals surface area contributed by atoms with Crippen LogP contribution in [0.5, 0.6) is 0 Å². The van der Waals surface area contributed by atoms with Crippen LogP contribution >= 0.6 is 0 Å². The van der Waals surface area contributed by atoms with E-state index in [-0.39, 0.29) is 11.9 Å². The molecule has 0 aromatic heterocycles. The van der Waals surface area contributed by atoms with Crippen molar-refractivity contribution in [1.82, 2.24) is 10.2 Å². The Bertz CT molecular complexity index is 273. The van der Waals surface area contributed by atoms with Crippen LogP contribution in [0.2, 0.25) is 0 Å². The zero-order chi connectivity index (χ0) is 13.0. The lowest BCUT2D eigenvalue weighted by atomic mass is 10.0. The van der Waals surface area contributed by atoms with Gasteiger partial charge in [-0.25, -0.2) is 0 Å². The minimum absolute atomic E-state index is 0.0387. The summed E-state index contributed by atoms with van der Waals surface area (Å²) >= 11 is 0. The molecule has 0 aromatic rings. The second-order valence-corrected chi connectivity index (χ2v) is 5.60. The summed E-state index contributed by atoms with van der Waals surface area (Å²) in [4.78, 5) is 14.6. The number of ether oxygens (including phenoxy) is 1. The van der Waals surface area contributed by atoms with E-state index in [0.717, 1.165) is 25.4 Å². The Hall–Kier alpha value is -0.610. The summed E-state index contributed by atoms with van der Waals surface area (Å²) in [6.07, 6.45) is 5.89. The van der Waals surface area contributed by atoms with Crippen molar-refractivity contribution in [3.8, 4) is 0 Å². The maximum Gasteiger partial charge on any atom is 0.240 e. The summed E-state index contributed by atoms with van der Waals surface area (Å²) < 4.78 is 5.15. The molecule has 4 nitrogen and oxygen atoms in total. The minimum Gasteiger partial charge on any atom is -0.383 e. The van der Waals surface area contributed by atoms with E-state index < -0.39 is 0 Å². The third-order valence-corrected chi connectivity index (χ3v) is 4.22. The van der Waals surface area contributed by atoms with Gasteiger partial charge in [-0.15, -0.1) is 0 Å². The highest BCUT2D eigenvalue weighted by Crippen LogP contribution is 2.35. The Kier molecular flexibility index (Phi) is 5.01. The Morgan fingerprint density at radius 3 is 2.72 bits per heavy atom. The second-order valence-electron chi connectivity index (χ2n) is 5.60. The van der Waals surface area contributed by atoms with Crippen molar-refractivity contribution in [1.29, 1.82) is 0 Å². The van der Waals surface area contributed by atoms with Crippen LogP contribution in [0.25, 0.3) is 0 Å². The fourth-order valence-electron chi connectivity index (χ4n) is 2.80. The van der Waals surface area contributed by atoms with Crippen molar-refractivity contribution >= 4 is 5.91 Å². The minimum atomic E-state index is 0.0387. The average molecular weight is 254 g/mol. The predicted octanol–water partition coefficient (Wildman–Crippen LogP) is 1.40. The van der Waals surface area contributed by atoms with E-state index in [1.165, 1.54) is 25.7 Å². The van der Waals surface area contributed by atoms with E-state index in [1.807, 2.05) is 4.90 Å². The highest BCUT2D eigenvalue weighted by atomic mass is 16.5. The molecule has 1 amide bonds. The third kappa shape index (κ3) is 3.45. The summed E-state index contributed by atoms with van der Waals surface area (Å²) in [6, 6.07) is 0.410. The first-order valence-electron chi connectivity index (χ1n) is 7.27. The second kappa shape index (κ2) is 6.53. The normalized spacial score (nSPS) is 25.8. The molecule has 1 N–H and O–H groups in total. The Morgan fingerprint density at radius 1 is 1.39 bits per heavy atom. The first-order chi connectivity index (χ1) is 8.74. The van der Waals surface area contributed by atoms with Crippen LogP contribution in [0.1, 0.15) is 39.0 Å². The molecule has 1 saturated carbocycles. The number of nitrogens with zero attached hydrogens (tertiary/aromatic N) is 1. The van der Waals surface area contributed by atoms with Gasteiger partial charge in [-0.1, -0.05) is 6.42 Å². The van der Waals surface area contributed by atoms with Crippen molar-refractivity contribution < 1.29 is 9.53 Å². The molecule has 104 valence electrons. The Morgan fingerprint density at radius 2 is 2.17 bits per heavy atom. The number of nitrogens with one attached hydrogen (secondary N) is 1. The van der Waals surface area contributed by atoms with E-state index >= 15 is 0 Å². The van der Waals surface area contributed by atoms with Crippen molar-refractivity contribution in [2.24, 2.45) is 5.92 Å². The summed E-state index contributed by atoms with van der Waals surface area (Å²) in [6.45, 7) is 4.53. The third-order valence-electron chi connectivity index (χ3n) is 4.22. The quantitative estimate of drug-likeness (QED) is 0.779. The lowest BCUT2D eigenvalue weighted by molar-refractivity contribution is -0.137. The smallest absolute Gasteiger partial charge is 0.240 e. The molecule has 1 aliphatic carbocycles. The van der Waals surface area contributed by atoms with E-state index in [9.17, 15) is 4.79 Å². The van der Waals surface area contributed by atoms with Gasteiger partial charge in [0.05, 0.1) is 12.6 Å². The highest BCUT2D eigenvalue weighted by Gasteiger charge is 2.36. The number of carbonyl (C=O) groups is 1. The van der Waals surface area contributed by atoms with Gasteiger partial charge in [-0.3, -0.25) is 4.79 Å². The van der Waals surface area contributed by atoms with Gasteiger partial charge in [0.1, 0.15) is 0 Å². The molecule has 0 radical (unpaired) electrons. The van der Waals surface area contributed by atoms with Crippen molar-refractivity contribution in [3.05, 3.63) is 0 Å². The standard InChI is InChI=1S/C14H26N2O2/c1-11(12-6-7-12)16(9-10-18-2)14(17)13-5-3-4-8-15-13/h11-13,15H,3-10H2,1-2H3/t11?,13-/m1/s1. The fraction of sp³-hybridized carbons (Fsp3) is 0.929. The van der Waals surface area contributed by atoms with Gasteiger partial charge in [0, 0.05) is 19.7 Å². The van der Waals surface area contributed by atoms with Crippen molar-refractivity contribution in [2.75, 3.05) is 26.8 Å². The van der Waals surface area contributed by atoms with Gasteiger partial charge in [0.15, 0.2) is 0 Å². The van der Waals surface area contributed by atoms with Crippen LogP contribution in [-0.4, -0.2) is 49.7 Å². The summed E-state index contributed by atoms with van der Waals surface area (Å²) in [5.74, 6) is 1.00. The lowest BCUT2D eigenvalue weighted by Gasteiger charge is -2.34. The molecule has 2 fully saturated rings. The number of amides is 1. The first-order valence-corrected chi connectivity index (χ1v) is 7.27. The van der Waals surface area contributed by atoms with Gasteiger partial charge in [-0.2, -0.15) is 0 Å².